The Morgan fingerprint density at radius 1 is 1.11 bits per heavy atom. The quantitative estimate of drug-likeness (QED) is 0.838. The third-order valence-corrected chi connectivity index (χ3v) is 5.67. The van der Waals surface area contributed by atoms with Crippen LogP contribution in [0.3, 0.4) is 0 Å². The summed E-state index contributed by atoms with van der Waals surface area (Å²) in [7, 11) is 2.30. The zero-order valence-corrected chi connectivity index (χ0v) is 13.7. The maximum Gasteiger partial charge on any atom is 0.0197 e. The molecule has 2 rings (SSSR count). The maximum atomic E-state index is 3.95. The summed E-state index contributed by atoms with van der Waals surface area (Å²) in [6.45, 7) is 10.6. The van der Waals surface area contributed by atoms with Crippen LogP contribution >= 0.6 is 0 Å². The molecule has 112 valence electrons. The van der Waals surface area contributed by atoms with Gasteiger partial charge >= 0.3 is 0 Å². The van der Waals surface area contributed by atoms with E-state index in [0.29, 0.717) is 17.5 Å². The number of nitrogens with zero attached hydrogens (tertiary/aromatic N) is 1. The summed E-state index contributed by atoms with van der Waals surface area (Å²) in [5, 5.41) is 3.95. The van der Waals surface area contributed by atoms with Gasteiger partial charge in [-0.2, -0.15) is 0 Å². The second kappa shape index (κ2) is 6.13. The molecule has 1 aliphatic carbocycles. The van der Waals surface area contributed by atoms with Crippen molar-refractivity contribution in [3.05, 3.63) is 0 Å². The van der Waals surface area contributed by atoms with Crippen molar-refractivity contribution in [1.29, 1.82) is 0 Å². The van der Waals surface area contributed by atoms with Crippen LogP contribution in [-0.2, 0) is 0 Å². The van der Waals surface area contributed by atoms with Crippen LogP contribution in [0.2, 0.25) is 0 Å². The highest BCUT2D eigenvalue weighted by Crippen LogP contribution is 2.32. The Morgan fingerprint density at radius 2 is 1.79 bits per heavy atom. The highest BCUT2D eigenvalue weighted by molar-refractivity contribution is 4.91. The Hall–Kier alpha value is -0.0800. The van der Waals surface area contributed by atoms with Crippen LogP contribution in [-0.4, -0.2) is 36.6 Å². The molecule has 1 saturated carbocycles. The Balaban J connectivity index is 1.83. The highest BCUT2D eigenvalue weighted by Gasteiger charge is 2.33. The first-order chi connectivity index (χ1) is 8.88. The summed E-state index contributed by atoms with van der Waals surface area (Å²) in [6.07, 6.45) is 8.63. The summed E-state index contributed by atoms with van der Waals surface area (Å²) in [6, 6.07) is 2.18. The number of likely N-dealkylation sites (N-methyl/N-ethyl adjacent to an activating group) is 1. The number of hydrogen-bond acceptors (Lipinski definition) is 2. The zero-order chi connectivity index (χ0) is 14.0. The molecule has 0 aromatic heterocycles. The third kappa shape index (κ3) is 3.95. The lowest BCUT2D eigenvalue weighted by Crippen LogP contribution is -2.54. The molecule has 2 aliphatic rings. The fourth-order valence-corrected chi connectivity index (χ4v) is 3.88. The molecule has 2 heteroatoms. The highest BCUT2D eigenvalue weighted by atomic mass is 15.2. The average Bonchev–Trinajstić information content (AvgIpc) is 2.36. The van der Waals surface area contributed by atoms with Crippen LogP contribution in [0.25, 0.3) is 0 Å². The largest absolute Gasteiger partial charge is 0.310 e. The van der Waals surface area contributed by atoms with Gasteiger partial charge in [-0.3, -0.25) is 0 Å². The van der Waals surface area contributed by atoms with Crippen LogP contribution in [0, 0.1) is 11.3 Å². The van der Waals surface area contributed by atoms with E-state index in [1.807, 2.05) is 0 Å². The van der Waals surface area contributed by atoms with Gasteiger partial charge in [-0.1, -0.05) is 33.6 Å². The van der Waals surface area contributed by atoms with Gasteiger partial charge in [-0.15, -0.1) is 0 Å². The summed E-state index contributed by atoms with van der Waals surface area (Å²) < 4.78 is 0. The van der Waals surface area contributed by atoms with Crippen LogP contribution in [0.15, 0.2) is 0 Å². The van der Waals surface area contributed by atoms with Crippen molar-refractivity contribution in [3.8, 4) is 0 Å². The van der Waals surface area contributed by atoms with Gasteiger partial charge in [0.05, 0.1) is 0 Å². The summed E-state index contributed by atoms with van der Waals surface area (Å²) in [4.78, 5) is 2.56. The molecule has 1 N–H and O–H groups in total. The molecule has 19 heavy (non-hydrogen) atoms. The van der Waals surface area contributed by atoms with E-state index in [9.17, 15) is 0 Å². The SMILES string of the molecule is CC(N(C)CC1CCC2CCCCC2N1)C(C)(C)C. The van der Waals surface area contributed by atoms with Gasteiger partial charge in [0.2, 0.25) is 0 Å². The summed E-state index contributed by atoms with van der Waals surface area (Å²) >= 11 is 0. The Morgan fingerprint density at radius 3 is 2.47 bits per heavy atom. The van der Waals surface area contributed by atoms with Crippen molar-refractivity contribution in [3.63, 3.8) is 0 Å². The lowest BCUT2D eigenvalue weighted by molar-refractivity contribution is 0.101. The zero-order valence-electron chi connectivity index (χ0n) is 13.7. The molecule has 4 unspecified atom stereocenters. The van der Waals surface area contributed by atoms with Crippen molar-refractivity contribution in [2.24, 2.45) is 11.3 Å². The molecule has 1 aliphatic heterocycles. The van der Waals surface area contributed by atoms with Crippen molar-refractivity contribution in [2.45, 2.75) is 84.3 Å². The first-order valence-corrected chi connectivity index (χ1v) is 8.34. The van der Waals surface area contributed by atoms with Gasteiger partial charge in [-0.25, -0.2) is 0 Å². The van der Waals surface area contributed by atoms with E-state index in [2.05, 4.69) is 45.0 Å². The molecule has 0 aromatic rings. The van der Waals surface area contributed by atoms with E-state index in [1.165, 1.54) is 45.1 Å². The van der Waals surface area contributed by atoms with Crippen molar-refractivity contribution in [1.82, 2.24) is 10.2 Å². The number of hydrogen-bond donors (Lipinski definition) is 1. The maximum absolute atomic E-state index is 3.95. The van der Waals surface area contributed by atoms with Crippen molar-refractivity contribution < 1.29 is 0 Å². The molecule has 1 saturated heterocycles. The molecular formula is C17H34N2. The molecule has 1 heterocycles. The van der Waals surface area contributed by atoms with E-state index < -0.39 is 0 Å². The Labute approximate surface area is 120 Å². The van der Waals surface area contributed by atoms with Crippen LogP contribution in [0.5, 0.6) is 0 Å². The van der Waals surface area contributed by atoms with E-state index in [0.717, 1.165) is 12.0 Å². The topological polar surface area (TPSA) is 15.3 Å². The minimum absolute atomic E-state index is 0.372. The Kier molecular flexibility index (Phi) is 4.94. The molecule has 2 fully saturated rings. The summed E-state index contributed by atoms with van der Waals surface area (Å²) in [5.74, 6) is 0.982. The Bertz CT molecular complexity index is 281. The molecule has 0 aromatic carbocycles. The van der Waals surface area contributed by atoms with E-state index in [4.69, 9.17) is 0 Å². The van der Waals surface area contributed by atoms with E-state index in [-0.39, 0.29) is 0 Å². The third-order valence-electron chi connectivity index (χ3n) is 5.67. The van der Waals surface area contributed by atoms with E-state index >= 15 is 0 Å². The normalized spacial score (nSPS) is 34.1. The molecular weight excluding hydrogens is 232 g/mol. The first-order valence-electron chi connectivity index (χ1n) is 8.34. The minimum atomic E-state index is 0.372. The molecule has 0 spiro atoms. The molecule has 0 amide bonds. The van der Waals surface area contributed by atoms with Gasteiger partial charge in [0.1, 0.15) is 0 Å². The fourth-order valence-electron chi connectivity index (χ4n) is 3.88. The van der Waals surface area contributed by atoms with Crippen LogP contribution in [0.4, 0.5) is 0 Å². The van der Waals surface area contributed by atoms with Gasteiger partial charge < -0.3 is 10.2 Å². The van der Waals surface area contributed by atoms with Crippen LogP contribution in [0.1, 0.15) is 66.2 Å². The number of rotatable bonds is 3. The van der Waals surface area contributed by atoms with E-state index in [1.54, 1.807) is 0 Å². The number of nitrogens with one attached hydrogen (secondary N) is 1. The average molecular weight is 266 g/mol. The van der Waals surface area contributed by atoms with Crippen molar-refractivity contribution in [2.75, 3.05) is 13.6 Å². The van der Waals surface area contributed by atoms with Crippen LogP contribution < -0.4 is 5.32 Å². The van der Waals surface area contributed by atoms with Gasteiger partial charge in [0.15, 0.2) is 0 Å². The molecule has 2 nitrogen and oxygen atoms in total. The molecule has 4 atom stereocenters. The molecule has 0 radical (unpaired) electrons. The predicted octanol–water partition coefficient (Wildman–Crippen LogP) is 3.66. The second-order valence-electron chi connectivity index (χ2n) is 8.07. The second-order valence-corrected chi connectivity index (χ2v) is 8.07. The standard InChI is InChI=1S/C17H34N2/c1-13(17(2,3)4)19(5)12-15-11-10-14-8-6-7-9-16(14)18-15/h13-16,18H,6-12H2,1-5H3. The minimum Gasteiger partial charge on any atom is -0.310 e. The smallest absolute Gasteiger partial charge is 0.0197 e. The monoisotopic (exact) mass is 266 g/mol. The van der Waals surface area contributed by atoms with Gasteiger partial charge in [0, 0.05) is 24.7 Å². The fraction of sp³-hybridized carbons (Fsp3) is 1.00. The lowest BCUT2D eigenvalue weighted by Gasteiger charge is -2.43. The summed E-state index contributed by atoms with van der Waals surface area (Å²) in [5.41, 5.74) is 0.372. The lowest BCUT2D eigenvalue weighted by atomic mass is 9.77. The predicted molar refractivity (Wildman–Crippen MR) is 83.5 cm³/mol. The number of piperidine rings is 1. The van der Waals surface area contributed by atoms with Gasteiger partial charge in [-0.05, 0) is 51.0 Å². The molecule has 0 bridgehead atoms. The van der Waals surface area contributed by atoms with Crippen molar-refractivity contribution >= 4 is 0 Å². The first kappa shape index (κ1) is 15.3. The number of fused-ring (bicyclic) bond motifs is 1. The van der Waals surface area contributed by atoms with Gasteiger partial charge in [0.25, 0.3) is 0 Å².